The van der Waals surface area contributed by atoms with Crippen molar-refractivity contribution in [3.63, 3.8) is 0 Å². The Bertz CT molecular complexity index is 1360. The quantitative estimate of drug-likeness (QED) is 0.428. The van der Waals surface area contributed by atoms with Gasteiger partial charge in [0.25, 0.3) is 0 Å². The van der Waals surface area contributed by atoms with Crippen molar-refractivity contribution in [2.75, 3.05) is 50.7 Å². The number of hydrogen-bond donors (Lipinski definition) is 2. The number of ether oxygens (including phenoxy) is 3. The average molecular weight is 527 g/mol. The van der Waals surface area contributed by atoms with Crippen LogP contribution in [-0.4, -0.2) is 73.5 Å². The number of pyridine rings is 1. The summed E-state index contributed by atoms with van der Waals surface area (Å²) >= 11 is 0. The first-order valence-electron chi connectivity index (χ1n) is 12.2. The van der Waals surface area contributed by atoms with Crippen LogP contribution < -0.4 is 25.0 Å². The molecule has 1 aromatic carbocycles. The van der Waals surface area contributed by atoms with Crippen molar-refractivity contribution >= 4 is 28.6 Å². The molecule has 0 radical (unpaired) electrons. The molecule has 38 heavy (non-hydrogen) atoms. The zero-order valence-electron chi connectivity index (χ0n) is 21.1. The number of carbonyl (C=O) groups is 1. The van der Waals surface area contributed by atoms with Crippen LogP contribution in [0.3, 0.4) is 0 Å². The molecule has 3 aromatic rings. The first kappa shape index (κ1) is 25.6. The molecule has 2 atom stereocenters. The second-order valence-corrected chi connectivity index (χ2v) is 9.02. The van der Waals surface area contributed by atoms with Crippen LogP contribution in [0.5, 0.6) is 11.5 Å². The molecular weight excluding hydrogens is 498 g/mol. The van der Waals surface area contributed by atoms with E-state index in [4.69, 9.17) is 19.2 Å². The monoisotopic (exact) mass is 526 g/mol. The summed E-state index contributed by atoms with van der Waals surface area (Å²) in [4.78, 5) is 27.6. The van der Waals surface area contributed by atoms with Crippen LogP contribution in [0.15, 0.2) is 31.0 Å². The molecule has 2 aliphatic heterocycles. The highest BCUT2D eigenvalue weighted by Gasteiger charge is 2.29. The molecule has 5 rings (SSSR count). The summed E-state index contributed by atoms with van der Waals surface area (Å²) in [6.07, 6.45) is 4.39. The lowest BCUT2D eigenvalue weighted by Gasteiger charge is -2.33. The van der Waals surface area contributed by atoms with E-state index in [0.717, 1.165) is 25.6 Å². The summed E-state index contributed by atoms with van der Waals surface area (Å²) in [5.74, 6) is -1.53. The third kappa shape index (κ3) is 4.78. The molecule has 200 valence electrons. The van der Waals surface area contributed by atoms with Crippen LogP contribution in [0.25, 0.3) is 22.2 Å². The summed E-state index contributed by atoms with van der Waals surface area (Å²) in [5, 5.41) is 6.72. The lowest BCUT2D eigenvalue weighted by molar-refractivity contribution is -0.117. The van der Waals surface area contributed by atoms with Gasteiger partial charge in [0.05, 0.1) is 44.2 Å². The number of anilines is 2. The van der Waals surface area contributed by atoms with Gasteiger partial charge in [-0.05, 0) is 25.0 Å². The summed E-state index contributed by atoms with van der Waals surface area (Å²) < 4.78 is 46.3. The maximum atomic E-state index is 15.3. The Balaban J connectivity index is 1.56. The highest BCUT2D eigenvalue weighted by molar-refractivity contribution is 5.92. The second-order valence-electron chi connectivity index (χ2n) is 9.02. The molecule has 4 heterocycles. The lowest BCUT2D eigenvalue weighted by atomic mass is 10.0. The molecule has 0 aliphatic carbocycles. The number of hydrogen-bond acceptors (Lipinski definition) is 9. The average Bonchev–Trinajstić information content (AvgIpc) is 2.89. The summed E-state index contributed by atoms with van der Waals surface area (Å²) in [5.41, 5.74) is 0.251. The number of nitrogens with one attached hydrogen (secondary N) is 2. The maximum Gasteiger partial charge on any atom is 0.243 e. The number of carbonyl (C=O) groups excluding carboxylic acids is 1. The van der Waals surface area contributed by atoms with E-state index in [1.54, 1.807) is 12.3 Å². The van der Waals surface area contributed by atoms with Crippen molar-refractivity contribution < 1.29 is 27.8 Å². The Kier molecular flexibility index (Phi) is 7.23. The number of rotatable bonds is 8. The Morgan fingerprint density at radius 1 is 1.16 bits per heavy atom. The second kappa shape index (κ2) is 10.7. The van der Waals surface area contributed by atoms with Gasteiger partial charge in [-0.25, -0.2) is 23.7 Å². The molecule has 2 N–H and O–H groups in total. The molecule has 2 aliphatic rings. The highest BCUT2D eigenvalue weighted by Crippen LogP contribution is 2.39. The summed E-state index contributed by atoms with van der Waals surface area (Å²) in [7, 11) is 2.60. The van der Waals surface area contributed by atoms with Gasteiger partial charge in [-0.3, -0.25) is 4.79 Å². The largest absolute Gasteiger partial charge is 0.494 e. The van der Waals surface area contributed by atoms with Crippen LogP contribution in [0.2, 0.25) is 0 Å². The van der Waals surface area contributed by atoms with E-state index in [1.807, 2.05) is 4.90 Å². The van der Waals surface area contributed by atoms with Crippen LogP contribution >= 0.6 is 0 Å². The third-order valence-electron chi connectivity index (χ3n) is 6.72. The normalized spacial score (nSPS) is 19.0. The molecule has 0 unspecified atom stereocenters. The van der Waals surface area contributed by atoms with Crippen molar-refractivity contribution in [2.24, 2.45) is 0 Å². The SMILES string of the molecule is C=CC(=O)N[C@H]1CCOC[C@H]1Nc1ncc2cc(-c3c(F)c(OC)cc(OC)c3F)nc(N3CCC3)c2n1. The van der Waals surface area contributed by atoms with Crippen LogP contribution in [-0.2, 0) is 9.53 Å². The fourth-order valence-electron chi connectivity index (χ4n) is 4.54. The van der Waals surface area contributed by atoms with Gasteiger partial charge < -0.3 is 29.7 Å². The minimum atomic E-state index is -0.878. The lowest BCUT2D eigenvalue weighted by Crippen LogP contribution is -2.52. The van der Waals surface area contributed by atoms with E-state index in [-0.39, 0.29) is 40.7 Å². The molecule has 2 saturated heterocycles. The number of nitrogens with zero attached hydrogens (tertiary/aromatic N) is 4. The van der Waals surface area contributed by atoms with E-state index in [1.165, 1.54) is 20.3 Å². The number of fused-ring (bicyclic) bond motifs is 1. The van der Waals surface area contributed by atoms with Gasteiger partial charge in [-0.2, -0.15) is 0 Å². The molecule has 0 saturated carbocycles. The molecule has 0 bridgehead atoms. The Hall–Kier alpha value is -4.06. The van der Waals surface area contributed by atoms with Crippen molar-refractivity contribution in [1.82, 2.24) is 20.3 Å². The highest BCUT2D eigenvalue weighted by atomic mass is 19.1. The number of methoxy groups -OCH3 is 2. The van der Waals surface area contributed by atoms with Gasteiger partial charge in [0.1, 0.15) is 5.52 Å². The van der Waals surface area contributed by atoms with Crippen LogP contribution in [0.4, 0.5) is 20.5 Å². The minimum absolute atomic E-state index is 0.0730. The minimum Gasteiger partial charge on any atom is -0.494 e. The predicted molar refractivity (Wildman–Crippen MR) is 138 cm³/mol. The molecule has 12 heteroatoms. The van der Waals surface area contributed by atoms with Gasteiger partial charge >= 0.3 is 0 Å². The Morgan fingerprint density at radius 3 is 2.53 bits per heavy atom. The summed E-state index contributed by atoms with van der Waals surface area (Å²) in [6, 6.07) is 2.24. The number of halogens is 2. The van der Waals surface area contributed by atoms with Crippen LogP contribution in [0, 0.1) is 11.6 Å². The van der Waals surface area contributed by atoms with Gasteiger partial charge in [-0.15, -0.1) is 0 Å². The maximum absolute atomic E-state index is 15.3. The van der Waals surface area contributed by atoms with Crippen molar-refractivity contribution in [2.45, 2.75) is 24.9 Å². The van der Waals surface area contributed by atoms with Gasteiger partial charge in [0.15, 0.2) is 29.0 Å². The first-order valence-corrected chi connectivity index (χ1v) is 12.2. The third-order valence-corrected chi connectivity index (χ3v) is 6.72. The van der Waals surface area contributed by atoms with Gasteiger partial charge in [0, 0.05) is 37.3 Å². The van der Waals surface area contributed by atoms with E-state index in [0.29, 0.717) is 42.3 Å². The van der Waals surface area contributed by atoms with E-state index in [2.05, 4.69) is 27.2 Å². The number of benzene rings is 1. The van der Waals surface area contributed by atoms with E-state index in [9.17, 15) is 4.79 Å². The van der Waals surface area contributed by atoms with E-state index < -0.39 is 11.6 Å². The molecule has 1 amide bonds. The molecule has 10 nitrogen and oxygen atoms in total. The van der Waals surface area contributed by atoms with E-state index >= 15 is 8.78 Å². The molecule has 0 spiro atoms. The Labute approximate surface area is 218 Å². The molecular formula is C26H28F2N6O4. The smallest absolute Gasteiger partial charge is 0.243 e. The predicted octanol–water partition coefficient (Wildman–Crippen LogP) is 3.07. The zero-order valence-corrected chi connectivity index (χ0v) is 21.1. The van der Waals surface area contributed by atoms with Gasteiger partial charge in [-0.1, -0.05) is 6.58 Å². The molecule has 2 fully saturated rings. The van der Waals surface area contributed by atoms with Crippen molar-refractivity contribution in [3.8, 4) is 22.8 Å². The standard InChI is InChI=1S/C26H28F2N6O4/c1-4-20(35)30-15-6-9-38-13-17(15)32-26-29-12-14-10-16(31-25(24(14)33-26)34-7-5-8-34)21-22(27)18(36-2)11-19(37-3)23(21)28/h4,10-12,15,17H,1,5-9,13H2,2-3H3,(H,30,35)(H,29,32,33)/t15-,17+/m0/s1. The fourth-order valence-corrected chi connectivity index (χ4v) is 4.54. The fraction of sp³-hybridized carbons (Fsp3) is 0.385. The van der Waals surface area contributed by atoms with Crippen molar-refractivity contribution in [3.05, 3.63) is 42.6 Å². The van der Waals surface area contributed by atoms with Crippen molar-refractivity contribution in [1.29, 1.82) is 0 Å². The zero-order chi connectivity index (χ0) is 26.8. The Morgan fingerprint density at radius 2 is 1.89 bits per heavy atom. The number of aromatic nitrogens is 3. The molecule has 2 aromatic heterocycles. The number of amides is 1. The summed E-state index contributed by atoms with van der Waals surface area (Å²) in [6.45, 7) is 5.85. The topological polar surface area (TPSA) is 111 Å². The van der Waals surface area contributed by atoms with Gasteiger partial charge in [0.2, 0.25) is 11.9 Å². The first-order chi connectivity index (χ1) is 18.4. The van der Waals surface area contributed by atoms with Crippen LogP contribution in [0.1, 0.15) is 12.8 Å².